The second-order valence-electron chi connectivity index (χ2n) is 8.18. The molecular weight excluding hydrogens is 496 g/mol. The third-order valence-corrected chi connectivity index (χ3v) is 5.69. The molecule has 0 aromatic heterocycles. The Labute approximate surface area is 217 Å². The van der Waals surface area contributed by atoms with E-state index in [9.17, 15) is 24.3 Å². The molecule has 1 aliphatic heterocycles. The Morgan fingerprint density at radius 2 is 1.03 bits per heavy atom. The minimum Gasteiger partial charge on any atom is -0.467 e. The molecule has 5 atom stereocenters. The molecule has 1 saturated heterocycles. The third kappa shape index (κ3) is 6.05. The van der Waals surface area contributed by atoms with Crippen molar-refractivity contribution in [3.8, 4) is 0 Å². The summed E-state index contributed by atoms with van der Waals surface area (Å²) in [5.74, 6) is -3.63. The van der Waals surface area contributed by atoms with Gasteiger partial charge in [0.05, 0.1) is 23.8 Å². The van der Waals surface area contributed by atoms with E-state index in [2.05, 4.69) is 0 Å². The van der Waals surface area contributed by atoms with Gasteiger partial charge >= 0.3 is 23.9 Å². The monoisotopic (exact) mass is 520 g/mol. The van der Waals surface area contributed by atoms with Crippen molar-refractivity contribution in [3.63, 3.8) is 0 Å². The molecule has 196 valence electrons. The minimum absolute atomic E-state index is 0.138. The average molecular weight is 520 g/mol. The van der Waals surface area contributed by atoms with Gasteiger partial charge in [-0.1, -0.05) is 54.6 Å². The molecule has 10 heteroatoms. The molecule has 0 saturated carbocycles. The van der Waals surface area contributed by atoms with Crippen LogP contribution in [0.4, 0.5) is 0 Å². The molecule has 3 aromatic rings. The fourth-order valence-corrected chi connectivity index (χ4v) is 3.76. The van der Waals surface area contributed by atoms with Crippen LogP contribution >= 0.6 is 0 Å². The van der Waals surface area contributed by atoms with Gasteiger partial charge in [0.1, 0.15) is 6.10 Å². The van der Waals surface area contributed by atoms with E-state index in [0.717, 1.165) is 7.11 Å². The van der Waals surface area contributed by atoms with E-state index in [-0.39, 0.29) is 16.7 Å². The summed E-state index contributed by atoms with van der Waals surface area (Å²) in [5, 5.41) is 11.3. The average Bonchev–Trinajstić information content (AvgIpc) is 2.96. The molecule has 38 heavy (non-hydrogen) atoms. The zero-order valence-corrected chi connectivity index (χ0v) is 20.2. The van der Waals surface area contributed by atoms with E-state index in [1.165, 1.54) is 36.4 Å². The molecule has 10 nitrogen and oxygen atoms in total. The maximum absolute atomic E-state index is 12.9. The van der Waals surface area contributed by atoms with Crippen LogP contribution in [-0.2, 0) is 28.5 Å². The van der Waals surface area contributed by atoms with Gasteiger partial charge in [0, 0.05) is 0 Å². The normalized spacial score (nSPS) is 22.5. The number of aliphatic hydroxyl groups excluding tert-OH is 1. The van der Waals surface area contributed by atoms with Crippen LogP contribution in [0.15, 0.2) is 91.0 Å². The predicted molar refractivity (Wildman–Crippen MR) is 130 cm³/mol. The second kappa shape index (κ2) is 12.1. The molecule has 1 aliphatic rings. The molecule has 1 heterocycles. The van der Waals surface area contributed by atoms with E-state index in [4.69, 9.17) is 23.7 Å². The summed E-state index contributed by atoms with van der Waals surface area (Å²) in [6.07, 6.45) is -8.65. The molecule has 4 rings (SSSR count). The van der Waals surface area contributed by atoms with Gasteiger partial charge in [-0.15, -0.1) is 0 Å². The first-order valence-corrected chi connectivity index (χ1v) is 11.6. The molecule has 0 spiro atoms. The summed E-state index contributed by atoms with van der Waals surface area (Å²) in [5.41, 5.74) is 0.422. The number of rotatable bonds is 7. The summed E-state index contributed by atoms with van der Waals surface area (Å²) >= 11 is 0. The molecule has 0 aliphatic carbocycles. The molecule has 1 fully saturated rings. The van der Waals surface area contributed by atoms with Gasteiger partial charge in [-0.2, -0.15) is 0 Å². The van der Waals surface area contributed by atoms with Crippen LogP contribution in [0.5, 0.6) is 0 Å². The van der Waals surface area contributed by atoms with Crippen molar-refractivity contribution in [2.75, 3.05) is 7.11 Å². The number of methoxy groups -OCH3 is 1. The second-order valence-corrected chi connectivity index (χ2v) is 8.18. The molecule has 0 radical (unpaired) electrons. The quantitative estimate of drug-likeness (QED) is 0.366. The zero-order chi connectivity index (χ0) is 27.1. The fraction of sp³-hybridized carbons (Fsp3) is 0.214. The lowest BCUT2D eigenvalue weighted by molar-refractivity contribution is -0.278. The van der Waals surface area contributed by atoms with Crippen molar-refractivity contribution in [1.29, 1.82) is 0 Å². The molecule has 0 amide bonds. The summed E-state index contributed by atoms with van der Waals surface area (Å²) < 4.78 is 26.8. The molecule has 1 N–H and O–H groups in total. The van der Waals surface area contributed by atoms with E-state index in [0.29, 0.717) is 0 Å². The number of carbonyl (C=O) groups excluding carboxylic acids is 4. The first kappa shape index (κ1) is 26.5. The van der Waals surface area contributed by atoms with E-state index in [1.54, 1.807) is 54.6 Å². The highest BCUT2D eigenvalue weighted by atomic mass is 16.7. The molecule has 3 unspecified atom stereocenters. The zero-order valence-electron chi connectivity index (χ0n) is 20.2. The van der Waals surface area contributed by atoms with E-state index < -0.39 is 54.6 Å². The van der Waals surface area contributed by atoms with Crippen molar-refractivity contribution in [2.24, 2.45) is 0 Å². The van der Waals surface area contributed by atoms with E-state index in [1.807, 2.05) is 0 Å². The molecule has 0 bridgehead atoms. The van der Waals surface area contributed by atoms with Gasteiger partial charge in [-0.05, 0) is 36.4 Å². The van der Waals surface area contributed by atoms with Crippen LogP contribution in [0.2, 0.25) is 0 Å². The van der Waals surface area contributed by atoms with Crippen LogP contribution in [0.25, 0.3) is 0 Å². The summed E-state index contributed by atoms with van der Waals surface area (Å²) in [6, 6.07) is 23.6. The SMILES string of the molecule is COC(=O)C1O[C@@H](OC(=O)c2ccccc2)C(OC(=O)c2ccccc2)C(O)[C@@H]1OC(=O)c1ccccc1. The Morgan fingerprint density at radius 3 is 1.45 bits per heavy atom. The van der Waals surface area contributed by atoms with Crippen molar-refractivity contribution >= 4 is 23.9 Å². The lowest BCUT2D eigenvalue weighted by atomic mass is 9.98. The summed E-state index contributed by atoms with van der Waals surface area (Å²) in [7, 11) is 1.07. The maximum Gasteiger partial charge on any atom is 0.340 e. The van der Waals surface area contributed by atoms with Gasteiger partial charge in [0.2, 0.25) is 6.29 Å². The van der Waals surface area contributed by atoms with Crippen LogP contribution in [-0.4, -0.2) is 66.8 Å². The van der Waals surface area contributed by atoms with Crippen molar-refractivity contribution in [1.82, 2.24) is 0 Å². The Hall–Kier alpha value is -4.54. The number of ether oxygens (including phenoxy) is 5. The minimum atomic E-state index is -1.85. The van der Waals surface area contributed by atoms with Gasteiger partial charge in [-0.3, -0.25) is 0 Å². The summed E-state index contributed by atoms with van der Waals surface area (Å²) in [4.78, 5) is 51.0. The third-order valence-electron chi connectivity index (χ3n) is 5.69. The largest absolute Gasteiger partial charge is 0.467 e. The van der Waals surface area contributed by atoms with Crippen LogP contribution in [0.3, 0.4) is 0 Å². The number of hydrogen-bond acceptors (Lipinski definition) is 10. The summed E-state index contributed by atoms with van der Waals surface area (Å²) in [6.45, 7) is 0. The van der Waals surface area contributed by atoms with Crippen LogP contribution < -0.4 is 0 Å². The van der Waals surface area contributed by atoms with Crippen LogP contribution in [0.1, 0.15) is 31.1 Å². The van der Waals surface area contributed by atoms with Crippen molar-refractivity contribution in [3.05, 3.63) is 108 Å². The molecule has 3 aromatic carbocycles. The van der Waals surface area contributed by atoms with Crippen molar-refractivity contribution in [2.45, 2.75) is 30.7 Å². The first-order valence-electron chi connectivity index (χ1n) is 11.6. The Morgan fingerprint density at radius 1 is 0.632 bits per heavy atom. The highest BCUT2D eigenvalue weighted by Crippen LogP contribution is 2.29. The number of esters is 4. The van der Waals surface area contributed by atoms with Gasteiger partial charge < -0.3 is 28.8 Å². The number of benzene rings is 3. The fourth-order valence-electron chi connectivity index (χ4n) is 3.76. The lowest BCUT2D eigenvalue weighted by Crippen LogP contribution is -2.63. The number of hydrogen-bond donors (Lipinski definition) is 1. The standard InChI is InChI=1S/C28H24O10/c1-34-27(33)23-21(35-24(30)17-11-5-2-6-12-17)20(29)22(36-25(31)18-13-7-3-8-14-18)28(37-23)38-26(32)19-15-9-4-10-16-19/h2-16,20-23,28-29H,1H3/t20?,21-,22?,23?,28-/m0/s1. The van der Waals surface area contributed by atoms with Gasteiger partial charge in [0.15, 0.2) is 18.3 Å². The predicted octanol–water partition coefficient (Wildman–Crippen LogP) is 2.55. The first-order chi connectivity index (χ1) is 18.4. The smallest absolute Gasteiger partial charge is 0.340 e. The van der Waals surface area contributed by atoms with Gasteiger partial charge in [-0.25, -0.2) is 19.2 Å². The van der Waals surface area contributed by atoms with Gasteiger partial charge in [0.25, 0.3) is 0 Å². The maximum atomic E-state index is 12.9. The number of carbonyl (C=O) groups is 4. The number of aliphatic hydroxyl groups is 1. The highest BCUT2D eigenvalue weighted by molar-refractivity contribution is 5.91. The topological polar surface area (TPSA) is 135 Å². The van der Waals surface area contributed by atoms with Crippen LogP contribution in [0, 0.1) is 0 Å². The van der Waals surface area contributed by atoms with E-state index >= 15 is 0 Å². The Bertz CT molecular complexity index is 1260. The Kier molecular flexibility index (Phi) is 8.47. The highest BCUT2D eigenvalue weighted by Gasteiger charge is 2.54. The molecular formula is C28H24O10. The van der Waals surface area contributed by atoms with Crippen molar-refractivity contribution < 1.29 is 48.0 Å². The lowest BCUT2D eigenvalue weighted by Gasteiger charge is -2.41. The Balaban J connectivity index is 1.65.